The minimum absolute atomic E-state index is 0.0797. The lowest BCUT2D eigenvalue weighted by molar-refractivity contribution is -0.122. The molecule has 0 fully saturated rings. The molecule has 0 aliphatic rings. The van der Waals surface area contributed by atoms with Gasteiger partial charge in [-0.05, 0) is 30.5 Å². The molecule has 1 aromatic rings. The van der Waals surface area contributed by atoms with Crippen LogP contribution >= 0.6 is 0 Å². The van der Waals surface area contributed by atoms with E-state index in [0.717, 1.165) is 31.2 Å². The molecule has 0 aromatic heterocycles. The first kappa shape index (κ1) is 17.3. The summed E-state index contributed by atoms with van der Waals surface area (Å²) in [6.45, 7) is 2.65. The van der Waals surface area contributed by atoms with Crippen molar-refractivity contribution in [2.75, 3.05) is 20.8 Å². The van der Waals surface area contributed by atoms with Crippen molar-refractivity contribution in [1.82, 2.24) is 5.32 Å². The summed E-state index contributed by atoms with van der Waals surface area (Å²) in [4.78, 5) is 11.8. The van der Waals surface area contributed by atoms with E-state index in [1.165, 1.54) is 0 Å². The molecule has 0 radical (unpaired) electrons. The van der Waals surface area contributed by atoms with Crippen LogP contribution in [0.5, 0.6) is 11.5 Å². The van der Waals surface area contributed by atoms with Gasteiger partial charge in [0.25, 0.3) is 0 Å². The summed E-state index contributed by atoms with van der Waals surface area (Å²) in [7, 11) is 3.21. The first-order valence-corrected chi connectivity index (χ1v) is 7.36. The summed E-state index contributed by atoms with van der Waals surface area (Å²) in [6.07, 6.45) is 3.49. The van der Waals surface area contributed by atoms with Crippen molar-refractivity contribution in [3.63, 3.8) is 0 Å². The van der Waals surface area contributed by atoms with Gasteiger partial charge in [-0.2, -0.15) is 0 Å². The molecular weight excluding hydrogens is 268 g/mol. The van der Waals surface area contributed by atoms with Crippen molar-refractivity contribution in [2.45, 2.75) is 38.6 Å². The molecule has 0 aliphatic carbocycles. The maximum atomic E-state index is 11.8. The third-order valence-corrected chi connectivity index (χ3v) is 3.37. The zero-order chi connectivity index (χ0) is 15.7. The molecule has 5 nitrogen and oxygen atoms in total. The van der Waals surface area contributed by atoms with Gasteiger partial charge in [0, 0.05) is 6.54 Å². The number of unbranched alkanes of at least 4 members (excludes halogenated alkanes) is 1. The van der Waals surface area contributed by atoms with Gasteiger partial charge in [0.05, 0.1) is 20.3 Å². The van der Waals surface area contributed by atoms with E-state index in [0.29, 0.717) is 18.0 Å². The zero-order valence-corrected chi connectivity index (χ0v) is 13.1. The number of carbonyl (C=O) groups is 1. The van der Waals surface area contributed by atoms with Crippen LogP contribution in [0.3, 0.4) is 0 Å². The van der Waals surface area contributed by atoms with E-state index < -0.39 is 6.04 Å². The smallest absolute Gasteiger partial charge is 0.236 e. The molecule has 5 heteroatoms. The lowest BCUT2D eigenvalue weighted by atomic mass is 10.1. The highest BCUT2D eigenvalue weighted by Gasteiger charge is 2.12. The number of carbonyl (C=O) groups excluding carboxylic acids is 1. The number of ether oxygens (including phenoxy) is 2. The molecule has 1 atom stereocenters. The van der Waals surface area contributed by atoms with Crippen molar-refractivity contribution in [3.8, 4) is 11.5 Å². The number of rotatable bonds is 9. The average Bonchev–Trinajstić information content (AvgIpc) is 2.52. The lowest BCUT2D eigenvalue weighted by Gasteiger charge is -2.12. The second-order valence-electron chi connectivity index (χ2n) is 4.98. The molecule has 0 saturated carbocycles. The van der Waals surface area contributed by atoms with Gasteiger partial charge in [-0.15, -0.1) is 0 Å². The highest BCUT2D eigenvalue weighted by atomic mass is 16.5. The molecular formula is C16H26N2O3. The van der Waals surface area contributed by atoms with Crippen LogP contribution in [-0.2, 0) is 11.2 Å². The van der Waals surface area contributed by atoms with Gasteiger partial charge in [-0.25, -0.2) is 0 Å². The van der Waals surface area contributed by atoms with Gasteiger partial charge in [0.15, 0.2) is 11.5 Å². The van der Waals surface area contributed by atoms with Crippen LogP contribution < -0.4 is 20.5 Å². The van der Waals surface area contributed by atoms with Crippen LogP contribution in [0.25, 0.3) is 0 Å². The Bertz CT molecular complexity index is 449. The van der Waals surface area contributed by atoms with Crippen LogP contribution in [0.2, 0.25) is 0 Å². The maximum Gasteiger partial charge on any atom is 0.236 e. The molecule has 0 bridgehead atoms. The van der Waals surface area contributed by atoms with E-state index in [9.17, 15) is 4.79 Å². The predicted octanol–water partition coefficient (Wildman–Crippen LogP) is 1.88. The quantitative estimate of drug-likeness (QED) is 0.729. The molecule has 0 unspecified atom stereocenters. The minimum atomic E-state index is -0.407. The minimum Gasteiger partial charge on any atom is -0.493 e. The van der Waals surface area contributed by atoms with Crippen molar-refractivity contribution in [1.29, 1.82) is 0 Å². The zero-order valence-electron chi connectivity index (χ0n) is 13.1. The topological polar surface area (TPSA) is 73.6 Å². The lowest BCUT2D eigenvalue weighted by Crippen LogP contribution is -2.41. The highest BCUT2D eigenvalue weighted by molar-refractivity contribution is 5.81. The Hall–Kier alpha value is -1.75. The molecule has 0 spiro atoms. The van der Waals surface area contributed by atoms with E-state index in [-0.39, 0.29) is 5.91 Å². The van der Waals surface area contributed by atoms with Gasteiger partial charge in [0.1, 0.15) is 0 Å². The normalized spacial score (nSPS) is 11.8. The predicted molar refractivity (Wildman–Crippen MR) is 83.8 cm³/mol. The Kier molecular flexibility index (Phi) is 7.61. The van der Waals surface area contributed by atoms with E-state index in [2.05, 4.69) is 12.2 Å². The Balaban J connectivity index is 2.43. The summed E-state index contributed by atoms with van der Waals surface area (Å²) in [5.41, 5.74) is 6.90. The average molecular weight is 294 g/mol. The fourth-order valence-corrected chi connectivity index (χ4v) is 2.05. The number of hydrogen-bond donors (Lipinski definition) is 2. The van der Waals surface area contributed by atoms with Gasteiger partial charge in [-0.3, -0.25) is 4.79 Å². The maximum absolute atomic E-state index is 11.8. The Labute approximate surface area is 126 Å². The van der Waals surface area contributed by atoms with Crippen molar-refractivity contribution in [3.05, 3.63) is 23.8 Å². The second kappa shape index (κ2) is 9.23. The van der Waals surface area contributed by atoms with Crippen molar-refractivity contribution < 1.29 is 14.3 Å². The summed E-state index contributed by atoms with van der Waals surface area (Å²) < 4.78 is 10.4. The summed E-state index contributed by atoms with van der Waals surface area (Å²) in [5.74, 6) is 1.32. The third-order valence-electron chi connectivity index (χ3n) is 3.37. The van der Waals surface area contributed by atoms with Crippen molar-refractivity contribution in [2.24, 2.45) is 5.73 Å². The van der Waals surface area contributed by atoms with Crippen molar-refractivity contribution >= 4 is 5.91 Å². The van der Waals surface area contributed by atoms with Crippen LogP contribution in [0.1, 0.15) is 31.7 Å². The van der Waals surface area contributed by atoms with Gasteiger partial charge >= 0.3 is 0 Å². The first-order valence-electron chi connectivity index (χ1n) is 7.36. The SMILES string of the molecule is CCCC[C@H](N)C(=O)NCCc1ccc(OC)c(OC)c1. The second-order valence-corrected chi connectivity index (χ2v) is 4.98. The van der Waals surface area contributed by atoms with Crippen LogP contribution in [0.4, 0.5) is 0 Å². The monoisotopic (exact) mass is 294 g/mol. The van der Waals surface area contributed by atoms with Crippen LogP contribution in [0, 0.1) is 0 Å². The van der Waals surface area contributed by atoms with E-state index >= 15 is 0 Å². The highest BCUT2D eigenvalue weighted by Crippen LogP contribution is 2.27. The third kappa shape index (κ3) is 5.63. The number of benzene rings is 1. The molecule has 21 heavy (non-hydrogen) atoms. The molecule has 0 saturated heterocycles. The number of nitrogens with one attached hydrogen (secondary N) is 1. The fourth-order valence-electron chi connectivity index (χ4n) is 2.05. The molecule has 3 N–H and O–H groups in total. The summed E-state index contributed by atoms with van der Waals surface area (Å²) in [5, 5.41) is 2.87. The largest absolute Gasteiger partial charge is 0.493 e. The van der Waals surface area contributed by atoms with Crippen LogP contribution in [-0.4, -0.2) is 32.7 Å². The van der Waals surface area contributed by atoms with Gasteiger partial charge < -0.3 is 20.5 Å². The van der Waals surface area contributed by atoms with Crippen LogP contribution in [0.15, 0.2) is 18.2 Å². The number of amides is 1. The standard InChI is InChI=1S/C16H26N2O3/c1-4-5-6-13(17)16(19)18-10-9-12-7-8-14(20-2)15(11-12)21-3/h7-8,11,13H,4-6,9-10,17H2,1-3H3,(H,18,19)/t13-/m0/s1. The van der Waals surface area contributed by atoms with E-state index in [1.807, 2.05) is 18.2 Å². The Morgan fingerprint density at radius 3 is 2.62 bits per heavy atom. The molecule has 1 aromatic carbocycles. The number of hydrogen-bond acceptors (Lipinski definition) is 4. The number of methoxy groups -OCH3 is 2. The van der Waals surface area contributed by atoms with E-state index in [4.69, 9.17) is 15.2 Å². The molecule has 1 amide bonds. The molecule has 0 heterocycles. The Morgan fingerprint density at radius 1 is 1.29 bits per heavy atom. The fraction of sp³-hybridized carbons (Fsp3) is 0.562. The molecule has 0 aliphatic heterocycles. The first-order chi connectivity index (χ1) is 10.1. The summed E-state index contributed by atoms with van der Waals surface area (Å²) >= 11 is 0. The van der Waals surface area contributed by atoms with E-state index in [1.54, 1.807) is 14.2 Å². The molecule has 118 valence electrons. The summed E-state index contributed by atoms with van der Waals surface area (Å²) in [6, 6.07) is 5.34. The number of nitrogens with two attached hydrogens (primary N) is 1. The Morgan fingerprint density at radius 2 is 2.00 bits per heavy atom. The molecule has 1 rings (SSSR count). The van der Waals surface area contributed by atoms with Gasteiger partial charge in [-0.1, -0.05) is 25.8 Å². The van der Waals surface area contributed by atoms with Gasteiger partial charge in [0.2, 0.25) is 5.91 Å².